The van der Waals surface area contributed by atoms with Crippen LogP contribution in [0.3, 0.4) is 0 Å². The molecule has 0 aliphatic rings. The second kappa shape index (κ2) is 13.7. The van der Waals surface area contributed by atoms with Crippen LogP contribution in [0.2, 0.25) is 0 Å². The summed E-state index contributed by atoms with van der Waals surface area (Å²) in [7, 11) is -1.75. The highest BCUT2D eigenvalue weighted by Gasteiger charge is 2.37. The lowest BCUT2D eigenvalue weighted by Crippen LogP contribution is -2.34. The Morgan fingerprint density at radius 1 is 0.370 bits per heavy atom. The first-order chi connectivity index (χ1) is 22.7. The van der Waals surface area contributed by atoms with E-state index in [-0.39, 0.29) is 0 Å². The summed E-state index contributed by atoms with van der Waals surface area (Å²) in [4.78, 5) is 15.9. The van der Waals surface area contributed by atoms with Crippen molar-refractivity contribution in [3.05, 3.63) is 199 Å². The zero-order chi connectivity index (χ0) is 31.2. The van der Waals surface area contributed by atoms with E-state index in [4.69, 9.17) is 15.0 Å². The standard InChI is InChI=1S/C41H33N3P2/c1-41(36-26-14-15-31-42-36,37-27-16-29-39(43-37)45(32-18-6-2-7-19-32)33-20-8-3-9-21-33)38-28-17-30-40(44-38)46(34-22-10-4-11-23-34)35-24-12-5-13-25-35/h2-31H,1H3. The maximum atomic E-state index is 5.50. The Morgan fingerprint density at radius 3 is 1.07 bits per heavy atom. The van der Waals surface area contributed by atoms with Gasteiger partial charge in [0.2, 0.25) is 0 Å². The van der Waals surface area contributed by atoms with E-state index in [2.05, 4.69) is 177 Å². The number of pyridine rings is 3. The molecular formula is C41H33N3P2. The van der Waals surface area contributed by atoms with Crippen LogP contribution in [0.15, 0.2) is 182 Å². The lowest BCUT2D eigenvalue weighted by Gasteiger charge is -2.30. The molecule has 0 bridgehead atoms. The van der Waals surface area contributed by atoms with E-state index in [0.29, 0.717) is 0 Å². The van der Waals surface area contributed by atoms with Crippen molar-refractivity contribution < 1.29 is 0 Å². The van der Waals surface area contributed by atoms with Gasteiger partial charge in [-0.05, 0) is 64.5 Å². The summed E-state index contributed by atoms with van der Waals surface area (Å²) >= 11 is 0. The number of benzene rings is 4. The van der Waals surface area contributed by atoms with Crippen molar-refractivity contribution in [3.8, 4) is 0 Å². The first kappa shape index (κ1) is 29.9. The summed E-state index contributed by atoms with van der Waals surface area (Å²) < 4.78 is 0. The molecule has 3 nitrogen and oxygen atoms in total. The molecule has 0 fully saturated rings. The minimum absolute atomic E-state index is 0.698. The lowest BCUT2D eigenvalue weighted by atomic mass is 9.79. The average Bonchev–Trinajstić information content (AvgIpc) is 3.14. The zero-order valence-corrected chi connectivity index (χ0v) is 27.3. The second-order valence-electron chi connectivity index (χ2n) is 11.1. The predicted octanol–water partition coefficient (Wildman–Crippen LogP) is 6.74. The first-order valence-corrected chi connectivity index (χ1v) is 18.1. The van der Waals surface area contributed by atoms with Gasteiger partial charge in [-0.2, -0.15) is 0 Å². The van der Waals surface area contributed by atoms with Crippen molar-refractivity contribution >= 4 is 47.9 Å². The number of aromatic nitrogens is 3. The molecule has 3 heterocycles. The molecule has 0 spiro atoms. The maximum Gasteiger partial charge on any atom is 0.0939 e. The van der Waals surface area contributed by atoms with E-state index < -0.39 is 21.3 Å². The molecule has 0 saturated carbocycles. The van der Waals surface area contributed by atoms with Crippen molar-refractivity contribution in [2.24, 2.45) is 0 Å². The fourth-order valence-electron chi connectivity index (χ4n) is 5.84. The third kappa shape index (κ3) is 6.05. The van der Waals surface area contributed by atoms with Crippen LogP contribution in [-0.2, 0) is 5.41 Å². The molecule has 0 amide bonds. The van der Waals surface area contributed by atoms with Crippen LogP contribution in [0, 0.1) is 0 Å². The van der Waals surface area contributed by atoms with Gasteiger partial charge in [0.1, 0.15) is 0 Å². The smallest absolute Gasteiger partial charge is 0.0939 e. The van der Waals surface area contributed by atoms with Gasteiger partial charge in [-0.1, -0.05) is 140 Å². The molecule has 222 valence electrons. The SMILES string of the molecule is CC(c1ccccn1)(c1cccc(P(c2ccccc2)c2ccccc2)n1)c1cccc(P(c2ccccc2)c2ccccc2)n1. The van der Waals surface area contributed by atoms with Crippen LogP contribution in [0.1, 0.15) is 24.0 Å². The Kier molecular flexibility index (Phi) is 8.88. The summed E-state index contributed by atoms with van der Waals surface area (Å²) in [6, 6.07) is 61.9. The first-order valence-electron chi connectivity index (χ1n) is 15.4. The molecule has 7 aromatic rings. The molecule has 7 rings (SSSR count). The third-order valence-electron chi connectivity index (χ3n) is 8.19. The van der Waals surface area contributed by atoms with Crippen LogP contribution < -0.4 is 32.1 Å². The molecule has 0 saturated heterocycles. The van der Waals surface area contributed by atoms with Crippen LogP contribution in [0.25, 0.3) is 0 Å². The van der Waals surface area contributed by atoms with E-state index in [9.17, 15) is 0 Å². The average molecular weight is 630 g/mol. The second-order valence-corrected chi connectivity index (χ2v) is 15.4. The molecule has 0 aliphatic heterocycles. The van der Waals surface area contributed by atoms with Gasteiger partial charge in [-0.3, -0.25) is 15.0 Å². The Hall–Kier alpha value is -4.81. The topological polar surface area (TPSA) is 38.7 Å². The van der Waals surface area contributed by atoms with Crippen molar-refractivity contribution in [1.29, 1.82) is 0 Å². The number of hydrogen-bond donors (Lipinski definition) is 0. The molecule has 4 aromatic carbocycles. The Balaban J connectivity index is 1.40. The van der Waals surface area contributed by atoms with Crippen LogP contribution in [0.5, 0.6) is 0 Å². The predicted molar refractivity (Wildman–Crippen MR) is 196 cm³/mol. The molecule has 0 aliphatic carbocycles. The molecule has 0 unspecified atom stereocenters. The molecule has 0 radical (unpaired) electrons. The summed E-state index contributed by atoms with van der Waals surface area (Å²) in [6.07, 6.45) is 1.86. The highest BCUT2D eigenvalue weighted by atomic mass is 31.1. The van der Waals surface area contributed by atoms with E-state index in [1.54, 1.807) is 0 Å². The van der Waals surface area contributed by atoms with Crippen molar-refractivity contribution in [2.45, 2.75) is 12.3 Å². The summed E-state index contributed by atoms with van der Waals surface area (Å²) in [5, 5.41) is 5.07. The highest BCUT2D eigenvalue weighted by molar-refractivity contribution is 7.80. The molecule has 0 N–H and O–H groups in total. The Morgan fingerprint density at radius 2 is 0.717 bits per heavy atom. The fourth-order valence-corrected chi connectivity index (χ4v) is 10.3. The monoisotopic (exact) mass is 629 g/mol. The lowest BCUT2D eigenvalue weighted by molar-refractivity contribution is 0.623. The summed E-state index contributed by atoms with van der Waals surface area (Å²) in [5.74, 6) is 0. The number of hydrogen-bond acceptors (Lipinski definition) is 3. The van der Waals surface area contributed by atoms with Crippen LogP contribution in [-0.4, -0.2) is 15.0 Å². The van der Waals surface area contributed by atoms with E-state index in [1.807, 2.05) is 12.3 Å². The van der Waals surface area contributed by atoms with Gasteiger partial charge in [0.05, 0.1) is 33.4 Å². The summed E-state index contributed by atoms with van der Waals surface area (Å²) in [5.41, 5.74) is 4.18. The van der Waals surface area contributed by atoms with Gasteiger partial charge in [-0.15, -0.1) is 0 Å². The number of rotatable bonds is 9. The van der Waals surface area contributed by atoms with Crippen molar-refractivity contribution in [3.63, 3.8) is 0 Å². The normalized spacial score (nSPS) is 11.5. The third-order valence-corrected chi connectivity index (χ3v) is 12.9. The van der Waals surface area contributed by atoms with E-state index >= 15 is 0 Å². The van der Waals surface area contributed by atoms with Crippen LogP contribution in [0.4, 0.5) is 0 Å². The fraction of sp³-hybridized carbons (Fsp3) is 0.0488. The highest BCUT2D eigenvalue weighted by Crippen LogP contribution is 2.39. The van der Waals surface area contributed by atoms with Gasteiger partial charge in [0.15, 0.2) is 0 Å². The van der Waals surface area contributed by atoms with Gasteiger partial charge >= 0.3 is 0 Å². The van der Waals surface area contributed by atoms with Gasteiger partial charge < -0.3 is 0 Å². The largest absolute Gasteiger partial charge is 0.260 e. The van der Waals surface area contributed by atoms with E-state index in [1.165, 1.54) is 21.2 Å². The maximum absolute atomic E-state index is 5.50. The van der Waals surface area contributed by atoms with Crippen LogP contribution >= 0.6 is 15.8 Å². The molecule has 0 atom stereocenters. The van der Waals surface area contributed by atoms with E-state index in [0.717, 1.165) is 28.0 Å². The zero-order valence-electron chi connectivity index (χ0n) is 25.6. The molecular weight excluding hydrogens is 596 g/mol. The molecule has 5 heteroatoms. The van der Waals surface area contributed by atoms with Crippen molar-refractivity contribution in [2.75, 3.05) is 0 Å². The Bertz CT molecular complexity index is 1800. The summed E-state index contributed by atoms with van der Waals surface area (Å²) in [6.45, 7) is 2.22. The quantitative estimate of drug-likeness (QED) is 0.166. The van der Waals surface area contributed by atoms with Crippen molar-refractivity contribution in [1.82, 2.24) is 15.0 Å². The minimum atomic E-state index is -0.873. The molecule has 3 aromatic heterocycles. The number of nitrogens with zero attached hydrogens (tertiary/aromatic N) is 3. The van der Waals surface area contributed by atoms with Gasteiger partial charge in [-0.25, -0.2) is 0 Å². The Labute approximate surface area is 273 Å². The molecule has 46 heavy (non-hydrogen) atoms. The van der Waals surface area contributed by atoms with Gasteiger partial charge in [0.25, 0.3) is 0 Å². The van der Waals surface area contributed by atoms with Gasteiger partial charge in [0, 0.05) is 22.0 Å². The minimum Gasteiger partial charge on any atom is -0.260 e.